The van der Waals surface area contributed by atoms with Crippen LogP contribution in [-0.4, -0.2) is 26.4 Å². The van der Waals surface area contributed by atoms with Gasteiger partial charge in [0.15, 0.2) is 5.78 Å². The lowest BCUT2D eigenvalue weighted by Gasteiger charge is -2.26. The largest absolute Gasteiger partial charge is 0.481 e. The molecule has 5 nitrogen and oxygen atoms in total. The van der Waals surface area contributed by atoms with Crippen LogP contribution in [0, 0.1) is 18.3 Å². The number of Topliss-reactive ketones (excluding diaryl/α,β-unsaturated/α-hetero) is 1. The standard InChI is InChI=1S/C25H27ClN2O3/c1-15-7-12-19-22(27-15)21(23(29)17-5-4-6-17)20(13-25(2,3)24(30)31)28(19)14-16-8-10-18(26)11-9-16/h7-12,17H,4-6,13-14H2,1-3H3,(H,30,31). The number of carboxylic acids is 1. The lowest BCUT2D eigenvalue weighted by Crippen LogP contribution is -2.29. The highest BCUT2D eigenvalue weighted by molar-refractivity contribution is 6.30. The maximum absolute atomic E-state index is 13.5. The van der Waals surface area contributed by atoms with Crippen molar-refractivity contribution < 1.29 is 14.7 Å². The summed E-state index contributed by atoms with van der Waals surface area (Å²) in [5, 5.41) is 10.5. The lowest BCUT2D eigenvalue weighted by molar-refractivity contribution is -0.146. The van der Waals surface area contributed by atoms with Gasteiger partial charge in [-0.2, -0.15) is 0 Å². The van der Waals surface area contributed by atoms with E-state index in [9.17, 15) is 14.7 Å². The van der Waals surface area contributed by atoms with Crippen LogP contribution in [0.25, 0.3) is 11.0 Å². The normalized spacial score (nSPS) is 14.6. The van der Waals surface area contributed by atoms with E-state index in [1.165, 1.54) is 0 Å². The van der Waals surface area contributed by atoms with Crippen molar-refractivity contribution in [2.45, 2.75) is 53.0 Å². The number of rotatable bonds is 7. The van der Waals surface area contributed by atoms with Crippen LogP contribution in [0.1, 0.15) is 60.4 Å². The highest BCUT2D eigenvalue weighted by atomic mass is 35.5. The second-order valence-electron chi connectivity index (χ2n) is 9.21. The molecule has 0 aliphatic heterocycles. The minimum absolute atomic E-state index is 0.00332. The van der Waals surface area contributed by atoms with Gasteiger partial charge < -0.3 is 9.67 Å². The zero-order valence-corrected chi connectivity index (χ0v) is 18.9. The Morgan fingerprint density at radius 1 is 1.16 bits per heavy atom. The van der Waals surface area contributed by atoms with Crippen LogP contribution in [-0.2, 0) is 17.8 Å². The topological polar surface area (TPSA) is 72.2 Å². The molecule has 1 aliphatic rings. The average molecular weight is 439 g/mol. The monoisotopic (exact) mass is 438 g/mol. The van der Waals surface area contributed by atoms with E-state index < -0.39 is 11.4 Å². The molecule has 0 saturated heterocycles. The number of aromatic nitrogens is 2. The van der Waals surface area contributed by atoms with Gasteiger partial charge in [0.05, 0.1) is 22.0 Å². The van der Waals surface area contributed by atoms with Crippen LogP contribution in [0.2, 0.25) is 5.02 Å². The predicted molar refractivity (Wildman–Crippen MR) is 122 cm³/mol. The first-order valence-electron chi connectivity index (χ1n) is 10.7. The summed E-state index contributed by atoms with van der Waals surface area (Å²) >= 11 is 6.06. The molecule has 1 aromatic carbocycles. The molecule has 4 rings (SSSR count). The molecule has 0 bridgehead atoms. The van der Waals surface area contributed by atoms with E-state index in [1.54, 1.807) is 13.8 Å². The van der Waals surface area contributed by atoms with E-state index >= 15 is 0 Å². The zero-order valence-electron chi connectivity index (χ0n) is 18.1. The van der Waals surface area contributed by atoms with E-state index in [0.29, 0.717) is 22.6 Å². The van der Waals surface area contributed by atoms with Crippen LogP contribution in [0.15, 0.2) is 36.4 Å². The lowest BCUT2D eigenvalue weighted by atomic mass is 9.78. The highest BCUT2D eigenvalue weighted by Crippen LogP contribution is 2.37. The summed E-state index contributed by atoms with van der Waals surface area (Å²) in [7, 11) is 0. The van der Waals surface area contributed by atoms with E-state index in [-0.39, 0.29) is 18.1 Å². The summed E-state index contributed by atoms with van der Waals surface area (Å²) in [6, 6.07) is 11.5. The van der Waals surface area contributed by atoms with Crippen molar-refractivity contribution in [2.75, 3.05) is 0 Å². The molecule has 6 heteroatoms. The maximum atomic E-state index is 13.5. The van der Waals surface area contributed by atoms with Crippen molar-refractivity contribution in [2.24, 2.45) is 11.3 Å². The van der Waals surface area contributed by atoms with Crippen molar-refractivity contribution in [3.05, 3.63) is 63.9 Å². The highest BCUT2D eigenvalue weighted by Gasteiger charge is 2.36. The molecule has 1 saturated carbocycles. The maximum Gasteiger partial charge on any atom is 0.309 e. The number of fused-ring (bicyclic) bond motifs is 1. The van der Waals surface area contributed by atoms with E-state index in [1.807, 2.05) is 43.3 Å². The number of aryl methyl sites for hydroxylation is 1. The molecular formula is C25H27ClN2O3. The van der Waals surface area contributed by atoms with Gasteiger partial charge in [-0.05, 0) is 63.4 Å². The van der Waals surface area contributed by atoms with Crippen molar-refractivity contribution >= 4 is 34.4 Å². The SMILES string of the molecule is Cc1ccc2c(n1)c(C(=O)C1CCC1)c(CC(C)(C)C(=O)O)n2Cc1ccc(Cl)cc1. The summed E-state index contributed by atoms with van der Waals surface area (Å²) in [5.41, 5.74) is 3.75. The van der Waals surface area contributed by atoms with Crippen LogP contribution in [0.5, 0.6) is 0 Å². The number of aliphatic carboxylic acids is 1. The number of carbonyl (C=O) groups excluding carboxylic acids is 1. The molecule has 0 radical (unpaired) electrons. The quantitative estimate of drug-likeness (QED) is 0.481. The average Bonchev–Trinajstić information content (AvgIpc) is 2.93. The minimum atomic E-state index is -1.02. The second kappa shape index (κ2) is 8.12. The van der Waals surface area contributed by atoms with Crippen molar-refractivity contribution in [1.82, 2.24) is 9.55 Å². The zero-order chi connectivity index (χ0) is 22.3. The molecule has 1 aliphatic carbocycles. The summed E-state index contributed by atoms with van der Waals surface area (Å²) in [6.45, 7) is 5.83. The molecule has 1 fully saturated rings. The molecule has 2 heterocycles. The first-order valence-corrected chi connectivity index (χ1v) is 11.1. The van der Waals surface area contributed by atoms with Gasteiger partial charge in [0, 0.05) is 35.3 Å². The summed E-state index contributed by atoms with van der Waals surface area (Å²) in [6.07, 6.45) is 3.08. The number of carbonyl (C=O) groups is 2. The Hall–Kier alpha value is -2.66. The molecular weight excluding hydrogens is 412 g/mol. The van der Waals surface area contributed by atoms with Gasteiger partial charge in [0.2, 0.25) is 0 Å². The van der Waals surface area contributed by atoms with E-state index in [0.717, 1.165) is 41.7 Å². The van der Waals surface area contributed by atoms with Crippen LogP contribution < -0.4 is 0 Å². The predicted octanol–water partition coefficient (Wildman–Crippen LogP) is 5.68. The molecule has 0 atom stereocenters. The second-order valence-corrected chi connectivity index (χ2v) is 9.65. The van der Waals surface area contributed by atoms with Crippen molar-refractivity contribution in [3.8, 4) is 0 Å². The number of nitrogens with zero attached hydrogens (tertiary/aromatic N) is 2. The van der Waals surface area contributed by atoms with E-state index in [2.05, 4.69) is 4.57 Å². The minimum Gasteiger partial charge on any atom is -0.481 e. The Morgan fingerprint density at radius 2 is 1.84 bits per heavy atom. The van der Waals surface area contributed by atoms with Gasteiger partial charge in [0.25, 0.3) is 0 Å². The Balaban J connectivity index is 1.94. The number of hydrogen-bond donors (Lipinski definition) is 1. The molecule has 0 amide bonds. The first kappa shape index (κ1) is 21.6. The van der Waals surface area contributed by atoms with Crippen LogP contribution in [0.3, 0.4) is 0 Å². The Morgan fingerprint density at radius 3 is 2.42 bits per heavy atom. The Labute approximate surface area is 187 Å². The number of halogens is 1. The van der Waals surface area contributed by atoms with Crippen LogP contribution >= 0.6 is 11.6 Å². The van der Waals surface area contributed by atoms with E-state index in [4.69, 9.17) is 16.6 Å². The first-order chi connectivity index (χ1) is 14.7. The van der Waals surface area contributed by atoms with Crippen molar-refractivity contribution in [1.29, 1.82) is 0 Å². The fourth-order valence-corrected chi connectivity index (χ4v) is 4.26. The van der Waals surface area contributed by atoms with Crippen molar-refractivity contribution in [3.63, 3.8) is 0 Å². The molecule has 0 spiro atoms. The fraction of sp³-hybridized carbons (Fsp3) is 0.400. The van der Waals surface area contributed by atoms with Gasteiger partial charge in [-0.25, -0.2) is 0 Å². The number of carboxylic acid groups (broad SMARTS) is 1. The molecule has 3 aromatic rings. The number of hydrogen-bond acceptors (Lipinski definition) is 3. The molecule has 1 N–H and O–H groups in total. The van der Waals surface area contributed by atoms with Crippen LogP contribution in [0.4, 0.5) is 0 Å². The number of ketones is 1. The fourth-order valence-electron chi connectivity index (χ4n) is 4.13. The Kier molecular flexibility index (Phi) is 5.65. The summed E-state index contributed by atoms with van der Waals surface area (Å²) < 4.78 is 2.07. The van der Waals surface area contributed by atoms with Gasteiger partial charge in [-0.15, -0.1) is 0 Å². The van der Waals surface area contributed by atoms with Gasteiger partial charge in [-0.3, -0.25) is 14.6 Å². The molecule has 31 heavy (non-hydrogen) atoms. The third-order valence-corrected chi connectivity index (χ3v) is 6.57. The molecule has 0 unspecified atom stereocenters. The summed E-state index contributed by atoms with van der Waals surface area (Å²) in [5.74, 6) is -0.786. The van der Waals surface area contributed by atoms with Gasteiger partial charge >= 0.3 is 5.97 Å². The Bertz CT molecular complexity index is 1160. The third-order valence-electron chi connectivity index (χ3n) is 6.32. The third kappa shape index (κ3) is 4.11. The number of pyridine rings is 1. The summed E-state index contributed by atoms with van der Waals surface area (Å²) in [4.78, 5) is 30.2. The van der Waals surface area contributed by atoms with Gasteiger partial charge in [0.1, 0.15) is 0 Å². The molecule has 2 aromatic heterocycles. The molecule has 162 valence electrons. The van der Waals surface area contributed by atoms with Gasteiger partial charge in [-0.1, -0.05) is 30.2 Å². The smallest absolute Gasteiger partial charge is 0.309 e. The number of benzene rings is 1.